The first kappa shape index (κ1) is 16.5. The van der Waals surface area contributed by atoms with Crippen LogP contribution < -0.4 is 10.6 Å². The Morgan fingerprint density at radius 2 is 1.85 bits per heavy atom. The molecule has 1 atom stereocenters. The molecule has 0 heterocycles. The van der Waals surface area contributed by atoms with Gasteiger partial charge >= 0.3 is 0 Å². The molecule has 0 saturated heterocycles. The molecule has 0 bridgehead atoms. The zero-order valence-corrected chi connectivity index (χ0v) is 11.8. The van der Waals surface area contributed by atoms with Crippen LogP contribution >= 0.6 is 0 Å². The Bertz CT molecular complexity index is 452. The summed E-state index contributed by atoms with van der Waals surface area (Å²) in [7, 11) is 0. The van der Waals surface area contributed by atoms with E-state index in [-0.39, 0.29) is 24.5 Å². The third-order valence-electron chi connectivity index (χ3n) is 2.47. The van der Waals surface area contributed by atoms with Crippen molar-refractivity contribution in [2.24, 2.45) is 0 Å². The number of carbonyl (C=O) groups is 1. The van der Waals surface area contributed by atoms with Crippen LogP contribution in [0, 0.1) is 11.6 Å². The van der Waals surface area contributed by atoms with Gasteiger partial charge in [-0.25, -0.2) is 8.78 Å². The number of aliphatic hydroxyl groups excluding tert-OH is 1. The van der Waals surface area contributed by atoms with Crippen molar-refractivity contribution in [3.8, 4) is 0 Å². The van der Waals surface area contributed by atoms with Gasteiger partial charge < -0.3 is 15.7 Å². The number of rotatable bonds is 5. The Balaban J connectivity index is 2.48. The molecule has 20 heavy (non-hydrogen) atoms. The number of benzene rings is 1. The molecule has 0 aromatic heterocycles. The van der Waals surface area contributed by atoms with E-state index in [1.807, 2.05) is 20.8 Å². The van der Waals surface area contributed by atoms with Crippen LogP contribution in [-0.4, -0.2) is 29.6 Å². The molecule has 0 aliphatic carbocycles. The third-order valence-corrected chi connectivity index (χ3v) is 2.47. The number of hydrogen-bond donors (Lipinski definition) is 3. The van der Waals surface area contributed by atoms with E-state index < -0.39 is 23.3 Å². The van der Waals surface area contributed by atoms with Crippen LogP contribution in [0.25, 0.3) is 0 Å². The van der Waals surface area contributed by atoms with Gasteiger partial charge in [-0.05, 0) is 32.9 Å². The highest BCUT2D eigenvalue weighted by Gasteiger charge is 2.18. The summed E-state index contributed by atoms with van der Waals surface area (Å²) in [5.74, 6) is -1.87. The van der Waals surface area contributed by atoms with Crippen molar-refractivity contribution < 1.29 is 18.7 Å². The van der Waals surface area contributed by atoms with E-state index in [0.717, 1.165) is 12.1 Å². The lowest BCUT2D eigenvalue weighted by molar-refractivity contribution is -0.121. The zero-order valence-electron chi connectivity index (χ0n) is 11.8. The van der Waals surface area contributed by atoms with Crippen LogP contribution in [0.5, 0.6) is 0 Å². The largest absolute Gasteiger partial charge is 0.387 e. The molecule has 1 unspecified atom stereocenters. The second kappa shape index (κ2) is 6.76. The van der Waals surface area contributed by atoms with Gasteiger partial charge in [0.1, 0.15) is 11.6 Å². The van der Waals surface area contributed by atoms with Crippen LogP contribution in [0.4, 0.5) is 8.78 Å². The summed E-state index contributed by atoms with van der Waals surface area (Å²) in [5, 5.41) is 15.1. The maximum absolute atomic E-state index is 13.4. The minimum absolute atomic E-state index is 0.0373. The van der Waals surface area contributed by atoms with E-state index in [2.05, 4.69) is 10.6 Å². The molecule has 0 aliphatic rings. The topological polar surface area (TPSA) is 61.4 Å². The van der Waals surface area contributed by atoms with Crippen LogP contribution in [0.1, 0.15) is 32.4 Å². The highest BCUT2D eigenvalue weighted by molar-refractivity contribution is 5.78. The van der Waals surface area contributed by atoms with Crippen molar-refractivity contribution in [2.45, 2.75) is 32.4 Å². The average Bonchev–Trinajstić information content (AvgIpc) is 2.26. The molecule has 0 radical (unpaired) electrons. The number of hydrogen-bond acceptors (Lipinski definition) is 3. The molecule has 0 aliphatic heterocycles. The second-order valence-electron chi connectivity index (χ2n) is 5.58. The standard InChI is InChI=1S/C14H20F2N2O2/c1-14(2,3)18-12(20)8-17-7-11(19)13-9(15)5-4-6-10(13)16/h4-6,11,17,19H,7-8H2,1-3H3,(H,18,20). The minimum Gasteiger partial charge on any atom is -0.387 e. The number of nitrogens with one attached hydrogen (secondary N) is 2. The highest BCUT2D eigenvalue weighted by Crippen LogP contribution is 2.19. The summed E-state index contributed by atoms with van der Waals surface area (Å²) < 4.78 is 26.8. The van der Waals surface area contributed by atoms with Gasteiger partial charge in [0.15, 0.2) is 0 Å². The van der Waals surface area contributed by atoms with Gasteiger partial charge in [0.25, 0.3) is 0 Å². The van der Waals surface area contributed by atoms with Crippen LogP contribution in [0.2, 0.25) is 0 Å². The predicted molar refractivity (Wildman–Crippen MR) is 72.1 cm³/mol. The van der Waals surface area contributed by atoms with Gasteiger partial charge in [-0.1, -0.05) is 6.07 Å². The number of aliphatic hydroxyl groups is 1. The fourth-order valence-corrected chi connectivity index (χ4v) is 1.72. The fourth-order valence-electron chi connectivity index (χ4n) is 1.72. The molecule has 4 nitrogen and oxygen atoms in total. The molecule has 0 spiro atoms. The first-order chi connectivity index (χ1) is 9.20. The predicted octanol–water partition coefficient (Wildman–Crippen LogP) is 1.50. The minimum atomic E-state index is -1.35. The summed E-state index contributed by atoms with van der Waals surface area (Å²) in [4.78, 5) is 11.5. The highest BCUT2D eigenvalue weighted by atomic mass is 19.1. The van der Waals surface area contributed by atoms with Crippen LogP contribution in [0.3, 0.4) is 0 Å². The Morgan fingerprint density at radius 1 is 1.30 bits per heavy atom. The molecule has 1 aromatic rings. The molecule has 1 aromatic carbocycles. The summed E-state index contributed by atoms with van der Waals surface area (Å²) >= 11 is 0. The van der Waals surface area contributed by atoms with Crippen molar-refractivity contribution in [1.29, 1.82) is 0 Å². The first-order valence-electron chi connectivity index (χ1n) is 6.34. The van der Waals surface area contributed by atoms with Crippen molar-refractivity contribution in [1.82, 2.24) is 10.6 Å². The Kier molecular flexibility index (Phi) is 5.59. The van der Waals surface area contributed by atoms with E-state index in [0.29, 0.717) is 0 Å². The fraction of sp³-hybridized carbons (Fsp3) is 0.500. The van der Waals surface area contributed by atoms with Crippen LogP contribution in [-0.2, 0) is 4.79 Å². The summed E-state index contributed by atoms with van der Waals surface area (Å²) in [6.45, 7) is 5.37. The SMILES string of the molecule is CC(C)(C)NC(=O)CNCC(O)c1c(F)cccc1F. The molecule has 0 fully saturated rings. The third kappa shape index (κ3) is 5.22. The van der Waals surface area contributed by atoms with E-state index in [1.165, 1.54) is 6.07 Å². The molecule has 1 rings (SSSR count). The lowest BCUT2D eigenvalue weighted by Crippen LogP contribution is -2.45. The molecule has 6 heteroatoms. The summed E-state index contributed by atoms with van der Waals surface area (Å²) in [5.41, 5.74) is -0.745. The Labute approximate surface area is 117 Å². The van der Waals surface area contributed by atoms with Crippen molar-refractivity contribution in [3.63, 3.8) is 0 Å². The number of halogens is 2. The summed E-state index contributed by atoms with van der Waals surface area (Å²) in [6, 6.07) is 3.38. The van der Waals surface area contributed by atoms with Gasteiger partial charge in [-0.15, -0.1) is 0 Å². The second-order valence-corrected chi connectivity index (χ2v) is 5.58. The molecular weight excluding hydrogens is 266 g/mol. The Morgan fingerprint density at radius 3 is 2.35 bits per heavy atom. The molecule has 112 valence electrons. The van der Waals surface area contributed by atoms with Crippen molar-refractivity contribution in [3.05, 3.63) is 35.4 Å². The molecule has 3 N–H and O–H groups in total. The van der Waals surface area contributed by atoms with Gasteiger partial charge in [0.05, 0.1) is 18.2 Å². The Hall–Kier alpha value is -1.53. The molecule has 1 amide bonds. The zero-order chi connectivity index (χ0) is 15.3. The van der Waals surface area contributed by atoms with Crippen LogP contribution in [0.15, 0.2) is 18.2 Å². The average molecular weight is 286 g/mol. The number of amides is 1. The quantitative estimate of drug-likeness (QED) is 0.769. The monoisotopic (exact) mass is 286 g/mol. The first-order valence-corrected chi connectivity index (χ1v) is 6.34. The van der Waals surface area contributed by atoms with Crippen molar-refractivity contribution >= 4 is 5.91 Å². The summed E-state index contributed by atoms with van der Waals surface area (Å²) in [6.07, 6.45) is -1.35. The van der Waals surface area contributed by atoms with E-state index in [9.17, 15) is 18.7 Å². The van der Waals surface area contributed by atoms with E-state index >= 15 is 0 Å². The van der Waals surface area contributed by atoms with E-state index in [4.69, 9.17) is 0 Å². The molecule has 0 saturated carbocycles. The van der Waals surface area contributed by atoms with Gasteiger partial charge in [0.2, 0.25) is 5.91 Å². The van der Waals surface area contributed by atoms with Gasteiger partial charge in [0, 0.05) is 12.1 Å². The lowest BCUT2D eigenvalue weighted by atomic mass is 10.1. The van der Waals surface area contributed by atoms with Crippen molar-refractivity contribution in [2.75, 3.05) is 13.1 Å². The number of carbonyl (C=O) groups excluding carboxylic acids is 1. The maximum Gasteiger partial charge on any atom is 0.234 e. The lowest BCUT2D eigenvalue weighted by Gasteiger charge is -2.21. The normalized spacial score (nSPS) is 13.1. The van der Waals surface area contributed by atoms with Gasteiger partial charge in [-0.3, -0.25) is 4.79 Å². The van der Waals surface area contributed by atoms with Gasteiger partial charge in [-0.2, -0.15) is 0 Å². The maximum atomic E-state index is 13.4. The molecular formula is C14H20F2N2O2. The van der Waals surface area contributed by atoms with E-state index in [1.54, 1.807) is 0 Å². The smallest absolute Gasteiger partial charge is 0.234 e.